The van der Waals surface area contributed by atoms with Gasteiger partial charge in [0.2, 0.25) is 0 Å². The predicted molar refractivity (Wildman–Crippen MR) is 70.8 cm³/mol. The maximum Gasteiger partial charge on any atom is 0.126 e. The minimum atomic E-state index is 0.813. The van der Waals surface area contributed by atoms with Crippen LogP contribution in [-0.4, -0.2) is 24.1 Å². The molecule has 0 atom stereocenters. The summed E-state index contributed by atoms with van der Waals surface area (Å²) in [7, 11) is 0. The van der Waals surface area contributed by atoms with Crippen molar-refractivity contribution in [3.05, 3.63) is 22.3 Å². The summed E-state index contributed by atoms with van der Waals surface area (Å²) in [6.07, 6.45) is 5.72. The number of pyridine rings is 1. The number of hydrogen-bond donors (Lipinski definition) is 2. The van der Waals surface area contributed by atoms with E-state index in [4.69, 9.17) is 0 Å². The molecule has 1 fully saturated rings. The molecule has 4 heteroatoms. The number of anilines is 1. The first-order valence-electron chi connectivity index (χ1n) is 5.85. The highest BCUT2D eigenvalue weighted by Gasteiger charge is 2.19. The number of rotatable bonds is 6. The van der Waals surface area contributed by atoms with Crippen LogP contribution in [-0.2, 0) is 0 Å². The maximum atomic E-state index is 4.31. The van der Waals surface area contributed by atoms with Gasteiger partial charge in [-0.3, -0.25) is 0 Å². The van der Waals surface area contributed by atoms with Crippen LogP contribution in [0, 0.1) is 6.92 Å². The van der Waals surface area contributed by atoms with Crippen molar-refractivity contribution in [2.24, 2.45) is 0 Å². The quantitative estimate of drug-likeness (QED) is 0.789. The van der Waals surface area contributed by atoms with Crippen molar-refractivity contribution in [2.45, 2.75) is 32.2 Å². The summed E-state index contributed by atoms with van der Waals surface area (Å²) in [5.74, 6) is 0.965. The van der Waals surface area contributed by atoms with Gasteiger partial charge in [0.25, 0.3) is 0 Å². The van der Waals surface area contributed by atoms with E-state index < -0.39 is 0 Å². The maximum absolute atomic E-state index is 4.31. The summed E-state index contributed by atoms with van der Waals surface area (Å²) >= 11 is 3.44. The SMILES string of the molecule is Cc1cc(NCCCNC2CC2)ncc1Br. The summed E-state index contributed by atoms with van der Waals surface area (Å²) in [5.41, 5.74) is 1.22. The molecule has 0 radical (unpaired) electrons. The first-order valence-corrected chi connectivity index (χ1v) is 6.64. The number of aromatic nitrogens is 1. The van der Waals surface area contributed by atoms with Crippen molar-refractivity contribution in [3.8, 4) is 0 Å². The van der Waals surface area contributed by atoms with E-state index in [2.05, 4.69) is 44.5 Å². The van der Waals surface area contributed by atoms with Gasteiger partial charge in [-0.05, 0) is 60.3 Å². The largest absolute Gasteiger partial charge is 0.370 e. The molecule has 1 saturated carbocycles. The average Bonchev–Trinajstić information content (AvgIpc) is 3.07. The van der Waals surface area contributed by atoms with Crippen LogP contribution in [0.3, 0.4) is 0 Å². The molecule has 1 aliphatic rings. The van der Waals surface area contributed by atoms with Crippen LogP contribution >= 0.6 is 15.9 Å². The molecule has 0 spiro atoms. The van der Waals surface area contributed by atoms with Crippen LogP contribution in [0.5, 0.6) is 0 Å². The van der Waals surface area contributed by atoms with Gasteiger partial charge in [0, 0.05) is 23.3 Å². The Bertz CT molecular complexity index is 350. The van der Waals surface area contributed by atoms with Crippen molar-refractivity contribution < 1.29 is 0 Å². The van der Waals surface area contributed by atoms with Gasteiger partial charge in [-0.15, -0.1) is 0 Å². The third-order valence-electron chi connectivity index (χ3n) is 2.72. The number of nitrogens with zero attached hydrogens (tertiary/aromatic N) is 1. The minimum absolute atomic E-state index is 0.813. The van der Waals surface area contributed by atoms with E-state index in [1.807, 2.05) is 6.20 Å². The van der Waals surface area contributed by atoms with Gasteiger partial charge in [0.05, 0.1) is 0 Å². The van der Waals surface area contributed by atoms with Crippen LogP contribution in [0.1, 0.15) is 24.8 Å². The standard InChI is InChI=1S/C12H18BrN3/c1-9-7-12(16-8-11(9)13)15-6-2-5-14-10-3-4-10/h7-8,10,14H,2-6H2,1H3,(H,15,16). The molecule has 16 heavy (non-hydrogen) atoms. The van der Waals surface area contributed by atoms with E-state index in [0.717, 1.165) is 35.8 Å². The smallest absolute Gasteiger partial charge is 0.126 e. The number of aryl methyl sites for hydroxylation is 1. The normalized spacial score (nSPS) is 15.1. The third kappa shape index (κ3) is 3.76. The Kier molecular flexibility index (Phi) is 4.18. The zero-order valence-corrected chi connectivity index (χ0v) is 11.2. The molecule has 0 amide bonds. The zero-order valence-electron chi connectivity index (χ0n) is 9.59. The highest BCUT2D eigenvalue weighted by atomic mass is 79.9. The van der Waals surface area contributed by atoms with Gasteiger partial charge in [-0.25, -0.2) is 4.98 Å². The van der Waals surface area contributed by atoms with Crippen molar-refractivity contribution in [3.63, 3.8) is 0 Å². The van der Waals surface area contributed by atoms with E-state index in [9.17, 15) is 0 Å². The lowest BCUT2D eigenvalue weighted by atomic mass is 10.3. The number of hydrogen-bond acceptors (Lipinski definition) is 3. The topological polar surface area (TPSA) is 37.0 Å². The molecule has 0 saturated heterocycles. The van der Waals surface area contributed by atoms with E-state index in [1.165, 1.54) is 18.4 Å². The lowest BCUT2D eigenvalue weighted by Crippen LogP contribution is -2.20. The third-order valence-corrected chi connectivity index (χ3v) is 3.55. The van der Waals surface area contributed by atoms with Gasteiger partial charge in [0.15, 0.2) is 0 Å². The molecule has 0 bridgehead atoms. The first-order chi connectivity index (χ1) is 7.75. The molecule has 2 N–H and O–H groups in total. The second-order valence-corrected chi connectivity index (χ2v) is 5.18. The first kappa shape index (κ1) is 11.9. The lowest BCUT2D eigenvalue weighted by Gasteiger charge is -2.07. The summed E-state index contributed by atoms with van der Waals surface area (Å²) in [6, 6.07) is 2.88. The second-order valence-electron chi connectivity index (χ2n) is 4.33. The van der Waals surface area contributed by atoms with Crippen molar-refractivity contribution in [1.29, 1.82) is 0 Å². The van der Waals surface area contributed by atoms with Gasteiger partial charge in [0.1, 0.15) is 5.82 Å². The van der Waals surface area contributed by atoms with Gasteiger partial charge in [-0.2, -0.15) is 0 Å². The van der Waals surface area contributed by atoms with Crippen molar-refractivity contribution in [1.82, 2.24) is 10.3 Å². The van der Waals surface area contributed by atoms with Crippen LogP contribution in [0.4, 0.5) is 5.82 Å². The fourth-order valence-electron chi connectivity index (χ4n) is 1.53. The highest BCUT2D eigenvalue weighted by molar-refractivity contribution is 9.10. The van der Waals surface area contributed by atoms with Crippen LogP contribution in [0.15, 0.2) is 16.7 Å². The minimum Gasteiger partial charge on any atom is -0.370 e. The van der Waals surface area contributed by atoms with E-state index in [1.54, 1.807) is 0 Å². The van der Waals surface area contributed by atoms with Crippen LogP contribution < -0.4 is 10.6 Å². The van der Waals surface area contributed by atoms with Crippen LogP contribution in [0.25, 0.3) is 0 Å². The Hall–Kier alpha value is -0.610. The number of halogens is 1. The Morgan fingerprint density at radius 1 is 1.44 bits per heavy atom. The second kappa shape index (κ2) is 5.64. The van der Waals surface area contributed by atoms with Gasteiger partial charge in [-0.1, -0.05) is 0 Å². The predicted octanol–water partition coefficient (Wildman–Crippen LogP) is 2.71. The molecular formula is C12H18BrN3. The monoisotopic (exact) mass is 283 g/mol. The summed E-state index contributed by atoms with van der Waals surface area (Å²) in [4.78, 5) is 4.31. The summed E-state index contributed by atoms with van der Waals surface area (Å²) in [6.45, 7) is 4.16. The van der Waals surface area contributed by atoms with E-state index in [0.29, 0.717) is 0 Å². The van der Waals surface area contributed by atoms with Gasteiger partial charge >= 0.3 is 0 Å². The van der Waals surface area contributed by atoms with Gasteiger partial charge < -0.3 is 10.6 Å². The van der Waals surface area contributed by atoms with Crippen molar-refractivity contribution >= 4 is 21.7 Å². The van der Waals surface area contributed by atoms with E-state index in [-0.39, 0.29) is 0 Å². The Morgan fingerprint density at radius 2 is 2.25 bits per heavy atom. The molecule has 2 rings (SSSR count). The summed E-state index contributed by atoms with van der Waals surface area (Å²) in [5, 5.41) is 6.83. The molecule has 1 aromatic rings. The zero-order chi connectivity index (χ0) is 11.4. The molecule has 0 aliphatic heterocycles. The Balaban J connectivity index is 1.65. The molecule has 3 nitrogen and oxygen atoms in total. The molecule has 1 aliphatic carbocycles. The van der Waals surface area contributed by atoms with Crippen molar-refractivity contribution in [2.75, 3.05) is 18.4 Å². The molecule has 1 aromatic heterocycles. The average molecular weight is 284 g/mol. The molecule has 88 valence electrons. The Morgan fingerprint density at radius 3 is 2.94 bits per heavy atom. The molecular weight excluding hydrogens is 266 g/mol. The van der Waals surface area contributed by atoms with E-state index >= 15 is 0 Å². The number of nitrogens with one attached hydrogen (secondary N) is 2. The molecule has 1 heterocycles. The fraction of sp³-hybridized carbons (Fsp3) is 0.583. The summed E-state index contributed by atoms with van der Waals surface area (Å²) < 4.78 is 1.06. The highest BCUT2D eigenvalue weighted by Crippen LogP contribution is 2.18. The fourth-order valence-corrected chi connectivity index (χ4v) is 1.75. The lowest BCUT2D eigenvalue weighted by molar-refractivity contribution is 0.658. The Labute approximate surface area is 105 Å². The molecule has 0 unspecified atom stereocenters. The molecule has 0 aromatic carbocycles. The van der Waals surface area contributed by atoms with Crippen LogP contribution in [0.2, 0.25) is 0 Å².